The number of amides is 1. The van der Waals surface area contributed by atoms with Crippen molar-refractivity contribution in [3.8, 4) is 0 Å². The molecule has 126 valence electrons. The number of aromatic nitrogens is 2. The van der Waals surface area contributed by atoms with Gasteiger partial charge in [-0.25, -0.2) is 9.97 Å². The molecule has 25 heavy (non-hydrogen) atoms. The van der Waals surface area contributed by atoms with Crippen LogP contribution in [-0.4, -0.2) is 15.9 Å². The van der Waals surface area contributed by atoms with Crippen LogP contribution in [0.25, 0.3) is 0 Å². The summed E-state index contributed by atoms with van der Waals surface area (Å²) >= 11 is 11.8. The zero-order chi connectivity index (χ0) is 17.8. The van der Waals surface area contributed by atoms with E-state index < -0.39 is 0 Å². The zero-order valence-corrected chi connectivity index (χ0v) is 14.8. The van der Waals surface area contributed by atoms with Crippen molar-refractivity contribution >= 4 is 46.4 Å². The number of carbonyl (C=O) groups is 1. The molecule has 0 atom stereocenters. The lowest BCUT2D eigenvalue weighted by molar-refractivity contribution is 0.102. The fourth-order valence-corrected chi connectivity index (χ4v) is 2.48. The van der Waals surface area contributed by atoms with E-state index in [0.29, 0.717) is 27.4 Å². The van der Waals surface area contributed by atoms with Crippen molar-refractivity contribution in [3.05, 3.63) is 76.0 Å². The average molecular weight is 373 g/mol. The first-order valence-electron chi connectivity index (χ1n) is 7.45. The van der Waals surface area contributed by atoms with Crippen LogP contribution in [0.4, 0.5) is 17.3 Å². The summed E-state index contributed by atoms with van der Waals surface area (Å²) in [5.74, 6) is -0.00881. The number of hydrogen-bond acceptors (Lipinski definition) is 4. The smallest absolute Gasteiger partial charge is 0.274 e. The van der Waals surface area contributed by atoms with E-state index in [4.69, 9.17) is 23.2 Å². The normalized spacial score (nSPS) is 10.4. The largest absolute Gasteiger partial charge is 0.324 e. The number of benzene rings is 2. The molecule has 3 rings (SSSR count). The van der Waals surface area contributed by atoms with Crippen molar-refractivity contribution in [2.75, 3.05) is 10.6 Å². The standard InChI is InChI=1S/C18H14Cl2N4O/c1-11-9-16(17(25)22-15-4-2-3-13(20)10-15)24-18(21-11)23-14-7-5-12(19)6-8-14/h2-10H,1H3,(H,22,25)(H,21,23,24). The summed E-state index contributed by atoms with van der Waals surface area (Å²) in [6.07, 6.45) is 0. The number of rotatable bonds is 4. The Bertz CT molecular complexity index is 913. The maximum absolute atomic E-state index is 12.4. The average Bonchev–Trinajstić information content (AvgIpc) is 2.56. The summed E-state index contributed by atoms with van der Waals surface area (Å²) < 4.78 is 0. The van der Waals surface area contributed by atoms with Gasteiger partial charge in [0.15, 0.2) is 0 Å². The fourth-order valence-electron chi connectivity index (χ4n) is 2.16. The second-order valence-corrected chi connectivity index (χ2v) is 6.19. The van der Waals surface area contributed by atoms with E-state index in [2.05, 4.69) is 20.6 Å². The number of aryl methyl sites for hydroxylation is 1. The molecule has 3 aromatic rings. The highest BCUT2D eigenvalue weighted by molar-refractivity contribution is 6.31. The quantitative estimate of drug-likeness (QED) is 0.669. The van der Waals surface area contributed by atoms with E-state index >= 15 is 0 Å². The zero-order valence-electron chi connectivity index (χ0n) is 13.3. The highest BCUT2D eigenvalue weighted by Crippen LogP contribution is 2.18. The molecule has 0 unspecified atom stereocenters. The first-order valence-corrected chi connectivity index (χ1v) is 8.20. The molecule has 0 saturated heterocycles. The molecule has 1 amide bonds. The molecular weight excluding hydrogens is 359 g/mol. The molecule has 0 radical (unpaired) electrons. The van der Waals surface area contributed by atoms with Gasteiger partial charge in [0.1, 0.15) is 5.69 Å². The third-order valence-electron chi connectivity index (χ3n) is 3.27. The number of anilines is 3. The number of halogens is 2. The summed E-state index contributed by atoms with van der Waals surface area (Å²) in [5, 5.41) is 7.00. The van der Waals surface area contributed by atoms with Gasteiger partial charge in [-0.2, -0.15) is 0 Å². The summed E-state index contributed by atoms with van der Waals surface area (Å²) in [4.78, 5) is 21.0. The van der Waals surface area contributed by atoms with E-state index in [1.54, 1.807) is 61.5 Å². The van der Waals surface area contributed by atoms with Gasteiger partial charge in [-0.1, -0.05) is 29.3 Å². The maximum Gasteiger partial charge on any atom is 0.274 e. The van der Waals surface area contributed by atoms with Crippen molar-refractivity contribution in [2.24, 2.45) is 0 Å². The predicted molar refractivity (Wildman–Crippen MR) is 101 cm³/mol. The van der Waals surface area contributed by atoms with Gasteiger partial charge in [-0.05, 0) is 55.5 Å². The Kier molecular flexibility index (Phi) is 5.16. The van der Waals surface area contributed by atoms with Gasteiger partial charge in [0.25, 0.3) is 5.91 Å². The Labute approximate surface area is 155 Å². The van der Waals surface area contributed by atoms with Crippen LogP contribution in [0.5, 0.6) is 0 Å². The first-order chi connectivity index (χ1) is 12.0. The minimum atomic E-state index is -0.341. The minimum Gasteiger partial charge on any atom is -0.324 e. The van der Waals surface area contributed by atoms with E-state index in [1.165, 1.54) is 0 Å². The SMILES string of the molecule is Cc1cc(C(=O)Nc2cccc(Cl)c2)nc(Nc2ccc(Cl)cc2)n1. The molecule has 0 aliphatic rings. The third kappa shape index (κ3) is 4.68. The van der Waals surface area contributed by atoms with Crippen LogP contribution in [0, 0.1) is 6.92 Å². The number of nitrogens with zero attached hydrogens (tertiary/aromatic N) is 2. The number of hydrogen-bond donors (Lipinski definition) is 2. The Hall–Kier alpha value is -2.63. The lowest BCUT2D eigenvalue weighted by Gasteiger charge is -2.09. The third-order valence-corrected chi connectivity index (χ3v) is 3.76. The van der Waals surface area contributed by atoms with Gasteiger partial charge in [0.2, 0.25) is 5.95 Å². The van der Waals surface area contributed by atoms with Gasteiger partial charge in [0, 0.05) is 27.1 Å². The van der Waals surface area contributed by atoms with E-state index in [1.807, 2.05) is 0 Å². The molecule has 0 spiro atoms. The van der Waals surface area contributed by atoms with Crippen LogP contribution in [0.1, 0.15) is 16.2 Å². The van der Waals surface area contributed by atoms with Crippen LogP contribution in [-0.2, 0) is 0 Å². The molecular formula is C18H14Cl2N4O. The molecule has 2 N–H and O–H groups in total. The molecule has 2 aromatic carbocycles. The van der Waals surface area contributed by atoms with Crippen molar-refractivity contribution in [2.45, 2.75) is 6.92 Å². The Morgan fingerprint density at radius 1 is 0.920 bits per heavy atom. The first kappa shape index (κ1) is 17.2. The topological polar surface area (TPSA) is 66.9 Å². The monoisotopic (exact) mass is 372 g/mol. The molecule has 1 heterocycles. The summed E-state index contributed by atoms with van der Waals surface area (Å²) in [6.45, 7) is 1.80. The highest BCUT2D eigenvalue weighted by Gasteiger charge is 2.11. The molecule has 0 aliphatic heterocycles. The molecule has 7 heteroatoms. The Morgan fingerprint density at radius 2 is 1.68 bits per heavy atom. The molecule has 5 nitrogen and oxygen atoms in total. The van der Waals surface area contributed by atoms with E-state index in [-0.39, 0.29) is 11.6 Å². The van der Waals surface area contributed by atoms with Crippen LogP contribution in [0.3, 0.4) is 0 Å². The van der Waals surface area contributed by atoms with Gasteiger partial charge >= 0.3 is 0 Å². The van der Waals surface area contributed by atoms with Crippen LogP contribution < -0.4 is 10.6 Å². The fraction of sp³-hybridized carbons (Fsp3) is 0.0556. The van der Waals surface area contributed by atoms with Crippen LogP contribution in [0.2, 0.25) is 10.0 Å². The van der Waals surface area contributed by atoms with Gasteiger partial charge < -0.3 is 10.6 Å². The maximum atomic E-state index is 12.4. The van der Waals surface area contributed by atoms with Crippen molar-refractivity contribution in [1.82, 2.24) is 9.97 Å². The van der Waals surface area contributed by atoms with Crippen molar-refractivity contribution in [3.63, 3.8) is 0 Å². The van der Waals surface area contributed by atoms with Gasteiger partial charge in [-0.3, -0.25) is 4.79 Å². The molecule has 0 saturated carbocycles. The van der Waals surface area contributed by atoms with E-state index in [9.17, 15) is 4.79 Å². The lowest BCUT2D eigenvalue weighted by atomic mass is 10.3. The number of nitrogens with one attached hydrogen (secondary N) is 2. The predicted octanol–water partition coefficient (Wildman–Crippen LogP) is 5.09. The van der Waals surface area contributed by atoms with Crippen molar-refractivity contribution in [1.29, 1.82) is 0 Å². The summed E-state index contributed by atoms with van der Waals surface area (Å²) in [6, 6.07) is 15.7. The minimum absolute atomic E-state index is 0.254. The van der Waals surface area contributed by atoms with Crippen LogP contribution in [0.15, 0.2) is 54.6 Å². The highest BCUT2D eigenvalue weighted by atomic mass is 35.5. The van der Waals surface area contributed by atoms with Crippen molar-refractivity contribution < 1.29 is 4.79 Å². The lowest BCUT2D eigenvalue weighted by Crippen LogP contribution is -2.15. The summed E-state index contributed by atoms with van der Waals surface area (Å²) in [5.41, 5.74) is 2.30. The number of carbonyl (C=O) groups excluding carboxylic acids is 1. The Balaban J connectivity index is 1.80. The second-order valence-electron chi connectivity index (χ2n) is 5.31. The molecule has 0 fully saturated rings. The molecule has 0 aliphatic carbocycles. The summed E-state index contributed by atoms with van der Waals surface area (Å²) in [7, 11) is 0. The molecule has 1 aromatic heterocycles. The van der Waals surface area contributed by atoms with Gasteiger partial charge in [0.05, 0.1) is 0 Å². The molecule has 0 bridgehead atoms. The van der Waals surface area contributed by atoms with E-state index in [0.717, 1.165) is 5.69 Å². The Morgan fingerprint density at radius 3 is 2.40 bits per heavy atom. The van der Waals surface area contributed by atoms with Crippen LogP contribution >= 0.6 is 23.2 Å². The second kappa shape index (κ2) is 7.51. The van der Waals surface area contributed by atoms with Gasteiger partial charge in [-0.15, -0.1) is 0 Å².